The molecule has 2 rings (SSSR count). The highest BCUT2D eigenvalue weighted by Gasteiger charge is 2.06. The molecule has 5 nitrogen and oxygen atoms in total. The van der Waals surface area contributed by atoms with Gasteiger partial charge in [0.25, 0.3) is 0 Å². The Kier molecular flexibility index (Phi) is 4.53. The molecule has 20 heavy (non-hydrogen) atoms. The Hall–Kier alpha value is -2.14. The van der Waals surface area contributed by atoms with Gasteiger partial charge in [0.15, 0.2) is 0 Å². The number of hydrogen-bond acceptors (Lipinski definition) is 5. The molecule has 0 aliphatic rings. The third-order valence-corrected chi connectivity index (χ3v) is 2.92. The van der Waals surface area contributed by atoms with E-state index in [1.165, 1.54) is 5.56 Å². The van der Waals surface area contributed by atoms with Crippen molar-refractivity contribution in [2.45, 2.75) is 20.0 Å². The minimum Gasteiger partial charge on any atom is -0.497 e. The van der Waals surface area contributed by atoms with Crippen molar-refractivity contribution in [1.29, 1.82) is 0 Å². The predicted molar refractivity (Wildman–Crippen MR) is 79.3 cm³/mol. The number of nitrogen functional groups attached to an aromatic ring is 1. The minimum absolute atomic E-state index is 0.516. The Morgan fingerprint density at radius 3 is 2.70 bits per heavy atom. The lowest BCUT2D eigenvalue weighted by Gasteiger charge is -2.16. The van der Waals surface area contributed by atoms with Crippen LogP contribution in [0.2, 0.25) is 0 Å². The summed E-state index contributed by atoms with van der Waals surface area (Å²) in [4.78, 5) is 10.8. The second-order valence-electron chi connectivity index (χ2n) is 4.87. The maximum Gasteiger partial charge on any atom is 0.144 e. The number of aromatic nitrogens is 2. The molecule has 5 heteroatoms. The van der Waals surface area contributed by atoms with Gasteiger partial charge < -0.3 is 10.5 Å². The quantitative estimate of drug-likeness (QED) is 0.902. The molecule has 0 bridgehead atoms. The first-order valence-electron chi connectivity index (χ1n) is 6.48. The Bertz CT molecular complexity index is 566. The number of nitrogens with two attached hydrogens (primary N) is 1. The lowest BCUT2D eigenvalue weighted by atomic mass is 10.2. The second-order valence-corrected chi connectivity index (χ2v) is 4.87. The highest BCUT2D eigenvalue weighted by Crippen LogP contribution is 2.14. The fraction of sp³-hybridized carbons (Fsp3) is 0.333. The standard InChI is InChI=1S/C15H20N4O/c1-11-7-14(16)18-15(17-11)10-19(2)9-12-5-4-6-13(8-12)20-3/h4-8H,9-10H2,1-3H3,(H2,16,17,18). The van der Waals surface area contributed by atoms with Gasteiger partial charge in [-0.05, 0) is 31.7 Å². The number of ether oxygens (including phenoxy) is 1. The Labute approximate surface area is 119 Å². The Morgan fingerprint density at radius 2 is 2.00 bits per heavy atom. The Balaban J connectivity index is 2.02. The van der Waals surface area contributed by atoms with Crippen molar-refractivity contribution in [2.24, 2.45) is 0 Å². The van der Waals surface area contributed by atoms with E-state index in [1.54, 1.807) is 13.2 Å². The van der Waals surface area contributed by atoms with Gasteiger partial charge in [-0.3, -0.25) is 4.90 Å². The van der Waals surface area contributed by atoms with Gasteiger partial charge in [-0.15, -0.1) is 0 Å². The van der Waals surface area contributed by atoms with E-state index in [-0.39, 0.29) is 0 Å². The lowest BCUT2D eigenvalue weighted by molar-refractivity contribution is 0.309. The van der Waals surface area contributed by atoms with E-state index in [0.717, 1.165) is 23.8 Å². The van der Waals surface area contributed by atoms with Gasteiger partial charge in [0, 0.05) is 18.3 Å². The Morgan fingerprint density at radius 1 is 1.20 bits per heavy atom. The number of aryl methyl sites for hydroxylation is 1. The van der Waals surface area contributed by atoms with Crippen molar-refractivity contribution in [3.05, 3.63) is 47.4 Å². The maximum atomic E-state index is 5.74. The van der Waals surface area contributed by atoms with Crippen LogP contribution in [-0.2, 0) is 13.1 Å². The molecule has 0 unspecified atom stereocenters. The predicted octanol–water partition coefficient (Wildman–Crippen LogP) is 2.01. The van der Waals surface area contributed by atoms with Gasteiger partial charge >= 0.3 is 0 Å². The smallest absolute Gasteiger partial charge is 0.144 e. The van der Waals surface area contributed by atoms with Crippen molar-refractivity contribution in [3.63, 3.8) is 0 Å². The van der Waals surface area contributed by atoms with Crippen molar-refractivity contribution < 1.29 is 4.74 Å². The summed E-state index contributed by atoms with van der Waals surface area (Å²) in [6.07, 6.45) is 0. The zero-order chi connectivity index (χ0) is 14.5. The van der Waals surface area contributed by atoms with E-state index in [9.17, 15) is 0 Å². The van der Waals surface area contributed by atoms with E-state index < -0.39 is 0 Å². The van der Waals surface area contributed by atoms with E-state index >= 15 is 0 Å². The molecule has 0 atom stereocenters. The molecule has 1 heterocycles. The van der Waals surface area contributed by atoms with Gasteiger partial charge in [0.2, 0.25) is 0 Å². The van der Waals surface area contributed by atoms with Crippen LogP contribution in [0.25, 0.3) is 0 Å². The molecule has 0 spiro atoms. The van der Waals surface area contributed by atoms with Crippen LogP contribution in [-0.4, -0.2) is 29.0 Å². The third-order valence-electron chi connectivity index (χ3n) is 2.92. The molecule has 106 valence electrons. The van der Waals surface area contributed by atoms with Crippen LogP contribution in [0.4, 0.5) is 5.82 Å². The molecule has 2 aromatic rings. The van der Waals surface area contributed by atoms with E-state index in [4.69, 9.17) is 10.5 Å². The second kappa shape index (κ2) is 6.34. The topological polar surface area (TPSA) is 64.3 Å². The zero-order valence-electron chi connectivity index (χ0n) is 12.1. The summed E-state index contributed by atoms with van der Waals surface area (Å²) < 4.78 is 5.23. The summed E-state index contributed by atoms with van der Waals surface area (Å²) in [5.41, 5.74) is 7.82. The molecule has 0 saturated carbocycles. The first kappa shape index (κ1) is 14.3. The molecular weight excluding hydrogens is 252 g/mol. The fourth-order valence-corrected chi connectivity index (χ4v) is 2.11. The summed E-state index contributed by atoms with van der Waals surface area (Å²) in [6.45, 7) is 3.38. The first-order valence-corrected chi connectivity index (χ1v) is 6.48. The van der Waals surface area contributed by atoms with Crippen molar-refractivity contribution in [2.75, 3.05) is 19.9 Å². The van der Waals surface area contributed by atoms with Gasteiger partial charge in [-0.25, -0.2) is 9.97 Å². The highest BCUT2D eigenvalue weighted by molar-refractivity contribution is 5.29. The SMILES string of the molecule is COc1cccc(CN(C)Cc2nc(C)cc(N)n2)c1. The average Bonchev–Trinajstić information content (AvgIpc) is 2.37. The molecule has 0 aliphatic heterocycles. The molecule has 0 aliphatic carbocycles. The first-order chi connectivity index (χ1) is 9.56. The number of methoxy groups -OCH3 is 1. The largest absolute Gasteiger partial charge is 0.497 e. The van der Waals surface area contributed by atoms with Gasteiger partial charge in [0.1, 0.15) is 17.4 Å². The summed E-state index contributed by atoms with van der Waals surface area (Å²) >= 11 is 0. The lowest BCUT2D eigenvalue weighted by Crippen LogP contribution is -2.19. The maximum absolute atomic E-state index is 5.74. The summed E-state index contributed by atoms with van der Waals surface area (Å²) in [6, 6.07) is 9.80. The molecular formula is C15H20N4O. The van der Waals surface area contributed by atoms with Crippen LogP contribution in [0.3, 0.4) is 0 Å². The van der Waals surface area contributed by atoms with E-state index in [0.29, 0.717) is 12.4 Å². The van der Waals surface area contributed by atoms with Crippen LogP contribution in [0.15, 0.2) is 30.3 Å². The fourth-order valence-electron chi connectivity index (χ4n) is 2.11. The summed E-state index contributed by atoms with van der Waals surface area (Å²) in [7, 11) is 3.70. The average molecular weight is 272 g/mol. The van der Waals surface area contributed by atoms with Gasteiger partial charge in [-0.2, -0.15) is 0 Å². The molecule has 0 amide bonds. The number of rotatable bonds is 5. The van der Waals surface area contributed by atoms with Crippen LogP contribution in [0, 0.1) is 6.92 Å². The number of anilines is 1. The minimum atomic E-state index is 0.516. The third kappa shape index (κ3) is 3.93. The number of hydrogen-bond donors (Lipinski definition) is 1. The number of nitrogens with zero attached hydrogens (tertiary/aromatic N) is 3. The molecule has 1 aromatic heterocycles. The van der Waals surface area contributed by atoms with Crippen molar-refractivity contribution >= 4 is 5.82 Å². The van der Waals surface area contributed by atoms with Crippen LogP contribution in [0.1, 0.15) is 17.1 Å². The molecule has 1 aromatic carbocycles. The van der Waals surface area contributed by atoms with E-state index in [1.807, 2.05) is 32.2 Å². The normalized spacial score (nSPS) is 10.8. The molecule has 0 radical (unpaired) electrons. The van der Waals surface area contributed by atoms with Gasteiger partial charge in [-0.1, -0.05) is 12.1 Å². The van der Waals surface area contributed by atoms with E-state index in [2.05, 4.69) is 20.9 Å². The summed E-state index contributed by atoms with van der Waals surface area (Å²) in [5.74, 6) is 2.13. The number of benzene rings is 1. The monoisotopic (exact) mass is 272 g/mol. The van der Waals surface area contributed by atoms with Gasteiger partial charge in [0.05, 0.1) is 13.7 Å². The molecule has 0 saturated heterocycles. The molecule has 0 fully saturated rings. The summed E-state index contributed by atoms with van der Waals surface area (Å²) in [5, 5.41) is 0. The molecule has 2 N–H and O–H groups in total. The van der Waals surface area contributed by atoms with Crippen LogP contribution < -0.4 is 10.5 Å². The van der Waals surface area contributed by atoms with Crippen molar-refractivity contribution in [3.8, 4) is 5.75 Å². The highest BCUT2D eigenvalue weighted by atomic mass is 16.5. The van der Waals surface area contributed by atoms with Crippen LogP contribution >= 0.6 is 0 Å². The zero-order valence-corrected chi connectivity index (χ0v) is 12.1. The van der Waals surface area contributed by atoms with Crippen molar-refractivity contribution in [1.82, 2.24) is 14.9 Å². The van der Waals surface area contributed by atoms with Crippen LogP contribution in [0.5, 0.6) is 5.75 Å².